The molecular formula is C12H25NO2. The Labute approximate surface area is 93.5 Å². The smallest absolute Gasteiger partial charge is 0.0700 e. The Hall–Kier alpha value is -0.120. The highest BCUT2D eigenvalue weighted by Gasteiger charge is 2.22. The van der Waals surface area contributed by atoms with Gasteiger partial charge in [-0.15, -0.1) is 0 Å². The third kappa shape index (κ3) is 5.50. The summed E-state index contributed by atoms with van der Waals surface area (Å²) in [7, 11) is 1.70. The van der Waals surface area contributed by atoms with Crippen LogP contribution < -0.4 is 5.32 Å². The summed E-state index contributed by atoms with van der Waals surface area (Å²) in [5, 5.41) is 3.56. The summed E-state index contributed by atoms with van der Waals surface area (Å²) in [5.74, 6) is 0.930. The highest BCUT2D eigenvalue weighted by atomic mass is 16.5. The molecule has 3 nitrogen and oxygen atoms in total. The molecule has 0 aliphatic heterocycles. The van der Waals surface area contributed by atoms with Crippen molar-refractivity contribution in [1.29, 1.82) is 0 Å². The van der Waals surface area contributed by atoms with Gasteiger partial charge in [0.25, 0.3) is 0 Å². The van der Waals surface area contributed by atoms with Gasteiger partial charge in [0, 0.05) is 19.8 Å². The Morgan fingerprint density at radius 2 is 2.07 bits per heavy atom. The van der Waals surface area contributed by atoms with Gasteiger partial charge in [-0.25, -0.2) is 0 Å². The van der Waals surface area contributed by atoms with Gasteiger partial charge in [-0.2, -0.15) is 0 Å². The fourth-order valence-corrected chi connectivity index (χ4v) is 1.85. The first-order valence-electron chi connectivity index (χ1n) is 6.14. The van der Waals surface area contributed by atoms with E-state index in [1.54, 1.807) is 7.11 Å². The van der Waals surface area contributed by atoms with Crippen molar-refractivity contribution in [2.75, 3.05) is 33.5 Å². The highest BCUT2D eigenvalue weighted by molar-refractivity contribution is 4.79. The largest absolute Gasteiger partial charge is 0.382 e. The van der Waals surface area contributed by atoms with E-state index in [0.717, 1.165) is 25.5 Å². The zero-order valence-corrected chi connectivity index (χ0v) is 10.1. The van der Waals surface area contributed by atoms with Crippen molar-refractivity contribution in [2.45, 2.75) is 38.6 Å². The maximum Gasteiger partial charge on any atom is 0.0700 e. The number of hydrogen-bond donors (Lipinski definition) is 1. The van der Waals surface area contributed by atoms with Crippen molar-refractivity contribution in [3.63, 3.8) is 0 Å². The molecular weight excluding hydrogens is 190 g/mol. The molecule has 0 aromatic heterocycles. The first kappa shape index (κ1) is 12.9. The summed E-state index contributed by atoms with van der Waals surface area (Å²) in [6, 6.07) is 0.692. The van der Waals surface area contributed by atoms with E-state index < -0.39 is 0 Å². The molecule has 1 saturated carbocycles. The average molecular weight is 215 g/mol. The van der Waals surface area contributed by atoms with Crippen molar-refractivity contribution in [3.8, 4) is 0 Å². The summed E-state index contributed by atoms with van der Waals surface area (Å²) in [6.07, 6.45) is 5.36. The van der Waals surface area contributed by atoms with E-state index in [-0.39, 0.29) is 0 Å². The van der Waals surface area contributed by atoms with E-state index in [2.05, 4.69) is 12.2 Å². The van der Waals surface area contributed by atoms with Gasteiger partial charge in [-0.3, -0.25) is 0 Å². The second kappa shape index (κ2) is 8.08. The topological polar surface area (TPSA) is 30.5 Å². The number of hydrogen-bond acceptors (Lipinski definition) is 3. The average Bonchev–Trinajstić information content (AvgIpc) is 2.14. The van der Waals surface area contributed by atoms with E-state index in [1.807, 2.05) is 0 Å². The Kier molecular flexibility index (Phi) is 6.98. The minimum atomic E-state index is 0.692. The van der Waals surface area contributed by atoms with Crippen LogP contribution >= 0.6 is 0 Å². The summed E-state index contributed by atoms with van der Waals surface area (Å²) >= 11 is 0. The summed E-state index contributed by atoms with van der Waals surface area (Å²) in [6.45, 7) is 5.63. The molecule has 15 heavy (non-hydrogen) atoms. The second-order valence-corrected chi connectivity index (χ2v) is 4.39. The molecule has 0 radical (unpaired) electrons. The Morgan fingerprint density at radius 3 is 2.67 bits per heavy atom. The van der Waals surface area contributed by atoms with Gasteiger partial charge in [-0.1, -0.05) is 6.42 Å². The lowest BCUT2D eigenvalue weighted by Crippen LogP contribution is -2.37. The van der Waals surface area contributed by atoms with Gasteiger partial charge in [-0.05, 0) is 38.6 Å². The lowest BCUT2D eigenvalue weighted by atomic mass is 9.80. The number of nitrogens with one attached hydrogen (secondary N) is 1. The Balaban J connectivity index is 1.79. The molecule has 1 rings (SSSR count). The van der Waals surface area contributed by atoms with E-state index >= 15 is 0 Å². The third-order valence-electron chi connectivity index (χ3n) is 3.22. The standard InChI is InChI=1S/C12H25NO2/c1-11(12-5-3-6-12)13-7-4-8-15-10-9-14-2/h11-13H,3-10H2,1-2H3. The van der Waals surface area contributed by atoms with E-state index in [0.29, 0.717) is 19.3 Å². The lowest BCUT2D eigenvalue weighted by molar-refractivity contribution is 0.0688. The monoisotopic (exact) mass is 215 g/mol. The molecule has 0 bridgehead atoms. The van der Waals surface area contributed by atoms with Crippen LogP contribution in [0.1, 0.15) is 32.6 Å². The molecule has 0 spiro atoms. The summed E-state index contributed by atoms with van der Waals surface area (Å²) in [4.78, 5) is 0. The van der Waals surface area contributed by atoms with Crippen LogP contribution in [-0.2, 0) is 9.47 Å². The van der Waals surface area contributed by atoms with Crippen molar-refractivity contribution in [3.05, 3.63) is 0 Å². The van der Waals surface area contributed by atoms with Crippen LogP contribution in [0, 0.1) is 5.92 Å². The van der Waals surface area contributed by atoms with Crippen LogP contribution in [0.3, 0.4) is 0 Å². The van der Waals surface area contributed by atoms with E-state index in [1.165, 1.54) is 19.3 Å². The maximum absolute atomic E-state index is 5.39. The van der Waals surface area contributed by atoms with Gasteiger partial charge in [0.15, 0.2) is 0 Å². The van der Waals surface area contributed by atoms with Gasteiger partial charge >= 0.3 is 0 Å². The molecule has 0 saturated heterocycles. The zero-order chi connectivity index (χ0) is 10.9. The van der Waals surface area contributed by atoms with Gasteiger partial charge in [0.1, 0.15) is 0 Å². The first-order chi connectivity index (χ1) is 7.34. The maximum atomic E-state index is 5.39. The van der Waals surface area contributed by atoms with Crippen LogP contribution in [0.15, 0.2) is 0 Å². The molecule has 0 heterocycles. The van der Waals surface area contributed by atoms with Gasteiger partial charge in [0.2, 0.25) is 0 Å². The zero-order valence-electron chi connectivity index (χ0n) is 10.1. The predicted molar refractivity (Wildman–Crippen MR) is 62.1 cm³/mol. The number of ether oxygens (including phenoxy) is 2. The molecule has 1 aliphatic carbocycles. The second-order valence-electron chi connectivity index (χ2n) is 4.39. The lowest BCUT2D eigenvalue weighted by Gasteiger charge is -2.32. The third-order valence-corrected chi connectivity index (χ3v) is 3.22. The highest BCUT2D eigenvalue weighted by Crippen LogP contribution is 2.29. The molecule has 1 aliphatic rings. The van der Waals surface area contributed by atoms with Crippen molar-refractivity contribution < 1.29 is 9.47 Å². The van der Waals surface area contributed by atoms with Gasteiger partial charge in [0.05, 0.1) is 13.2 Å². The fraction of sp³-hybridized carbons (Fsp3) is 1.00. The molecule has 1 fully saturated rings. The van der Waals surface area contributed by atoms with Crippen molar-refractivity contribution in [1.82, 2.24) is 5.32 Å². The van der Waals surface area contributed by atoms with Crippen LogP contribution in [-0.4, -0.2) is 39.5 Å². The molecule has 1 atom stereocenters. The van der Waals surface area contributed by atoms with Crippen LogP contribution in [0.4, 0.5) is 0 Å². The quantitative estimate of drug-likeness (QED) is 0.595. The molecule has 3 heteroatoms. The molecule has 0 amide bonds. The van der Waals surface area contributed by atoms with Crippen LogP contribution in [0.25, 0.3) is 0 Å². The van der Waals surface area contributed by atoms with Crippen molar-refractivity contribution >= 4 is 0 Å². The molecule has 90 valence electrons. The fourth-order valence-electron chi connectivity index (χ4n) is 1.85. The molecule has 0 aromatic rings. The number of rotatable bonds is 9. The number of methoxy groups -OCH3 is 1. The summed E-state index contributed by atoms with van der Waals surface area (Å²) < 4.78 is 10.3. The SMILES string of the molecule is COCCOCCCNC(C)C1CCC1. The van der Waals surface area contributed by atoms with E-state index in [4.69, 9.17) is 9.47 Å². The minimum absolute atomic E-state index is 0.692. The molecule has 0 aromatic carbocycles. The normalized spacial score (nSPS) is 18.8. The van der Waals surface area contributed by atoms with E-state index in [9.17, 15) is 0 Å². The Morgan fingerprint density at radius 1 is 1.27 bits per heavy atom. The Bertz CT molecular complexity index is 149. The first-order valence-corrected chi connectivity index (χ1v) is 6.14. The minimum Gasteiger partial charge on any atom is -0.382 e. The van der Waals surface area contributed by atoms with Crippen LogP contribution in [0.5, 0.6) is 0 Å². The predicted octanol–water partition coefficient (Wildman–Crippen LogP) is 1.82. The summed E-state index contributed by atoms with van der Waals surface area (Å²) in [5.41, 5.74) is 0. The molecule has 1 unspecified atom stereocenters. The van der Waals surface area contributed by atoms with Gasteiger partial charge < -0.3 is 14.8 Å². The van der Waals surface area contributed by atoms with Crippen LogP contribution in [0.2, 0.25) is 0 Å². The van der Waals surface area contributed by atoms with Crippen molar-refractivity contribution in [2.24, 2.45) is 5.92 Å². The molecule has 1 N–H and O–H groups in total.